The van der Waals surface area contributed by atoms with Crippen LogP contribution in [0.15, 0.2) is 42.7 Å². The first-order valence-corrected chi connectivity index (χ1v) is 10.7. The van der Waals surface area contributed by atoms with Gasteiger partial charge < -0.3 is 19.7 Å². The zero-order valence-electron chi connectivity index (χ0n) is 17.1. The summed E-state index contributed by atoms with van der Waals surface area (Å²) in [6, 6.07) is 9.52. The Kier molecular flexibility index (Phi) is 6.18. The molecule has 4 rings (SSSR count). The van der Waals surface area contributed by atoms with Crippen molar-refractivity contribution < 1.29 is 14.3 Å². The van der Waals surface area contributed by atoms with Crippen molar-refractivity contribution in [2.24, 2.45) is 5.92 Å². The molecule has 3 heterocycles. The molecular weight excluding hydrogens is 402 g/mol. The second kappa shape index (κ2) is 9.17. The third kappa shape index (κ3) is 4.40. The molecule has 0 aliphatic carbocycles. The summed E-state index contributed by atoms with van der Waals surface area (Å²) in [7, 11) is 3.23. The number of anilines is 1. The first kappa shape index (κ1) is 20.2. The Hall–Kier alpha value is -3.07. The van der Waals surface area contributed by atoms with Crippen LogP contribution in [0.1, 0.15) is 18.4 Å². The second-order valence-electron chi connectivity index (χ2n) is 7.14. The van der Waals surface area contributed by atoms with Gasteiger partial charge in [-0.15, -0.1) is 10.2 Å². The van der Waals surface area contributed by atoms with E-state index in [0.717, 1.165) is 41.0 Å². The van der Waals surface area contributed by atoms with Gasteiger partial charge in [-0.2, -0.15) is 0 Å². The number of nitrogens with zero attached hydrogens (tertiary/aromatic N) is 4. The average molecular weight is 428 g/mol. The highest BCUT2D eigenvalue weighted by atomic mass is 32.1. The van der Waals surface area contributed by atoms with Crippen LogP contribution in [0, 0.1) is 5.92 Å². The summed E-state index contributed by atoms with van der Waals surface area (Å²) in [5, 5.41) is 13.4. The molecule has 1 aliphatic heterocycles. The topological polar surface area (TPSA) is 81.5 Å². The first-order valence-electron chi connectivity index (χ1n) is 9.88. The molecule has 0 unspecified atom stereocenters. The summed E-state index contributed by atoms with van der Waals surface area (Å²) in [4.78, 5) is 15.0. The maximum absolute atomic E-state index is 12.8. The number of methoxy groups -OCH3 is 2. The molecule has 1 saturated heterocycles. The molecule has 1 N–H and O–H groups in total. The lowest BCUT2D eigenvalue weighted by Gasteiger charge is -2.31. The zero-order valence-corrected chi connectivity index (χ0v) is 17.9. The standard InChI is InChI=1S/C21H25N5O3S/c1-28-17-8-7-15(18(12-17)29-2)13-22-19(27)16-6-5-11-26(14-16)21-24-23-20(30-21)25-9-3-4-10-25/h3-4,7-10,12,16H,5-6,11,13-14H2,1-2H3,(H,22,27)/t16-/m0/s1. The molecule has 3 aromatic rings. The van der Waals surface area contributed by atoms with Crippen LogP contribution < -0.4 is 19.7 Å². The van der Waals surface area contributed by atoms with E-state index in [1.54, 1.807) is 14.2 Å². The molecule has 1 amide bonds. The normalized spacial score (nSPS) is 16.3. The highest BCUT2D eigenvalue weighted by Crippen LogP contribution is 2.28. The fraction of sp³-hybridized carbons (Fsp3) is 0.381. The summed E-state index contributed by atoms with van der Waals surface area (Å²) >= 11 is 1.54. The lowest BCUT2D eigenvalue weighted by atomic mass is 9.97. The second-order valence-corrected chi connectivity index (χ2v) is 8.07. The number of hydrogen-bond acceptors (Lipinski definition) is 7. The van der Waals surface area contributed by atoms with Crippen molar-refractivity contribution in [3.8, 4) is 16.6 Å². The highest BCUT2D eigenvalue weighted by molar-refractivity contribution is 7.17. The van der Waals surface area contributed by atoms with E-state index in [0.29, 0.717) is 18.8 Å². The number of piperidine rings is 1. The van der Waals surface area contributed by atoms with Crippen LogP contribution in [-0.2, 0) is 11.3 Å². The molecular formula is C21H25N5O3S. The molecule has 0 spiro atoms. The highest BCUT2D eigenvalue weighted by Gasteiger charge is 2.27. The van der Waals surface area contributed by atoms with Crippen molar-refractivity contribution in [3.05, 3.63) is 48.3 Å². The van der Waals surface area contributed by atoms with Crippen molar-refractivity contribution in [2.75, 3.05) is 32.2 Å². The Morgan fingerprint density at radius 3 is 2.77 bits per heavy atom. The van der Waals surface area contributed by atoms with Gasteiger partial charge in [0.25, 0.3) is 0 Å². The number of rotatable bonds is 7. The number of carbonyl (C=O) groups excluding carboxylic acids is 1. The van der Waals surface area contributed by atoms with Crippen LogP contribution >= 0.6 is 11.3 Å². The predicted octanol–water partition coefficient (Wildman–Crippen LogP) is 2.88. The van der Waals surface area contributed by atoms with E-state index in [2.05, 4.69) is 20.4 Å². The minimum Gasteiger partial charge on any atom is -0.497 e. The Bertz CT molecular complexity index is 988. The van der Waals surface area contributed by atoms with E-state index in [-0.39, 0.29) is 11.8 Å². The maximum atomic E-state index is 12.8. The van der Waals surface area contributed by atoms with Crippen LogP contribution in [0.3, 0.4) is 0 Å². The minimum absolute atomic E-state index is 0.0488. The first-order chi connectivity index (χ1) is 14.7. The summed E-state index contributed by atoms with van der Waals surface area (Å²) in [6.07, 6.45) is 5.71. The van der Waals surface area contributed by atoms with Gasteiger partial charge in [-0.25, -0.2) is 0 Å². The summed E-state index contributed by atoms with van der Waals surface area (Å²) in [5.74, 6) is 1.39. The number of amides is 1. The van der Waals surface area contributed by atoms with E-state index < -0.39 is 0 Å². The SMILES string of the molecule is COc1ccc(CNC(=O)[C@H]2CCCN(c3nnc(-n4cccc4)s3)C2)c(OC)c1. The van der Waals surface area contributed by atoms with E-state index in [1.807, 2.05) is 47.3 Å². The molecule has 9 heteroatoms. The summed E-state index contributed by atoms with van der Waals surface area (Å²) in [5.41, 5.74) is 0.916. The van der Waals surface area contributed by atoms with E-state index in [1.165, 1.54) is 11.3 Å². The Labute approximate surface area is 179 Å². The average Bonchev–Trinajstić information content (AvgIpc) is 3.49. The van der Waals surface area contributed by atoms with E-state index in [9.17, 15) is 4.79 Å². The Morgan fingerprint density at radius 1 is 1.20 bits per heavy atom. The Balaban J connectivity index is 1.37. The molecule has 158 valence electrons. The maximum Gasteiger partial charge on any atom is 0.225 e. The molecule has 30 heavy (non-hydrogen) atoms. The summed E-state index contributed by atoms with van der Waals surface area (Å²) in [6.45, 7) is 1.95. The van der Waals surface area contributed by atoms with Crippen LogP contribution in [0.5, 0.6) is 11.5 Å². The number of carbonyl (C=O) groups is 1. The Morgan fingerprint density at radius 2 is 2.00 bits per heavy atom. The number of hydrogen-bond donors (Lipinski definition) is 1. The van der Waals surface area contributed by atoms with Gasteiger partial charge in [-0.05, 0) is 37.1 Å². The number of benzene rings is 1. The van der Waals surface area contributed by atoms with Crippen molar-refractivity contribution in [1.29, 1.82) is 0 Å². The lowest BCUT2D eigenvalue weighted by Crippen LogP contribution is -2.43. The fourth-order valence-corrected chi connectivity index (χ4v) is 4.44. The minimum atomic E-state index is -0.0816. The molecule has 1 aromatic carbocycles. The zero-order chi connectivity index (χ0) is 20.9. The van der Waals surface area contributed by atoms with Crippen LogP contribution in [0.2, 0.25) is 0 Å². The molecule has 1 aliphatic rings. The van der Waals surface area contributed by atoms with Crippen molar-refractivity contribution in [1.82, 2.24) is 20.1 Å². The van der Waals surface area contributed by atoms with Crippen LogP contribution in [0.4, 0.5) is 5.13 Å². The predicted molar refractivity (Wildman–Crippen MR) is 116 cm³/mol. The van der Waals surface area contributed by atoms with Crippen LogP contribution in [-0.4, -0.2) is 48.0 Å². The largest absolute Gasteiger partial charge is 0.497 e. The summed E-state index contributed by atoms with van der Waals surface area (Å²) < 4.78 is 12.6. The van der Waals surface area contributed by atoms with Crippen LogP contribution in [0.25, 0.3) is 5.13 Å². The van der Waals surface area contributed by atoms with Gasteiger partial charge in [0, 0.05) is 43.7 Å². The third-order valence-corrected chi connectivity index (χ3v) is 6.24. The molecule has 2 aromatic heterocycles. The van der Waals surface area contributed by atoms with Gasteiger partial charge in [0.15, 0.2) is 0 Å². The van der Waals surface area contributed by atoms with Gasteiger partial charge >= 0.3 is 0 Å². The quantitative estimate of drug-likeness (QED) is 0.624. The lowest BCUT2D eigenvalue weighted by molar-refractivity contribution is -0.125. The number of aromatic nitrogens is 3. The molecule has 0 bridgehead atoms. The van der Waals surface area contributed by atoms with Gasteiger partial charge in [0.2, 0.25) is 16.2 Å². The van der Waals surface area contributed by atoms with Gasteiger partial charge in [0.1, 0.15) is 11.5 Å². The molecule has 1 atom stereocenters. The third-order valence-electron chi connectivity index (χ3n) is 5.24. The molecule has 8 nitrogen and oxygen atoms in total. The van der Waals surface area contributed by atoms with Crippen molar-refractivity contribution in [3.63, 3.8) is 0 Å². The van der Waals surface area contributed by atoms with E-state index >= 15 is 0 Å². The van der Waals surface area contributed by atoms with Crippen molar-refractivity contribution in [2.45, 2.75) is 19.4 Å². The van der Waals surface area contributed by atoms with Crippen molar-refractivity contribution >= 4 is 22.4 Å². The van der Waals surface area contributed by atoms with Gasteiger partial charge in [-0.1, -0.05) is 11.3 Å². The van der Waals surface area contributed by atoms with E-state index in [4.69, 9.17) is 9.47 Å². The molecule has 0 radical (unpaired) electrons. The number of nitrogens with one attached hydrogen (secondary N) is 1. The monoisotopic (exact) mass is 427 g/mol. The van der Waals surface area contributed by atoms with Gasteiger partial charge in [0.05, 0.1) is 20.1 Å². The number of ether oxygens (including phenoxy) is 2. The smallest absolute Gasteiger partial charge is 0.225 e. The fourth-order valence-electron chi connectivity index (χ4n) is 3.59. The molecule has 0 saturated carbocycles. The van der Waals surface area contributed by atoms with Gasteiger partial charge in [-0.3, -0.25) is 9.36 Å². The molecule has 1 fully saturated rings.